The number of ether oxygens (including phenoxy) is 1. The minimum atomic E-state index is -0.847. The molecule has 1 aromatic rings. The van der Waals surface area contributed by atoms with Crippen molar-refractivity contribution in [1.82, 2.24) is 10.2 Å². The summed E-state index contributed by atoms with van der Waals surface area (Å²) in [5.41, 5.74) is 0. The molecule has 0 saturated carbocycles. The van der Waals surface area contributed by atoms with Gasteiger partial charge in [0.25, 0.3) is 11.8 Å². The molecule has 1 saturated heterocycles. The number of nitrogens with zero attached hydrogens (tertiary/aromatic N) is 1. The predicted octanol–water partition coefficient (Wildman–Crippen LogP) is 1.33. The Hall–Kier alpha value is -1.83. The normalized spacial score (nSPS) is 15.5. The summed E-state index contributed by atoms with van der Waals surface area (Å²) < 4.78 is 10.5. The fourth-order valence-electron chi connectivity index (χ4n) is 2.16. The molecule has 22 heavy (non-hydrogen) atoms. The number of amides is 2. The van der Waals surface area contributed by atoms with E-state index in [1.807, 2.05) is 0 Å². The van der Waals surface area contributed by atoms with Gasteiger partial charge in [0.2, 0.25) is 0 Å². The van der Waals surface area contributed by atoms with Crippen molar-refractivity contribution in [3.63, 3.8) is 0 Å². The van der Waals surface area contributed by atoms with Gasteiger partial charge in [0, 0.05) is 13.1 Å². The molecule has 8 heteroatoms. The molecule has 1 atom stereocenters. The minimum absolute atomic E-state index is 0.0841. The van der Waals surface area contributed by atoms with Crippen molar-refractivity contribution >= 4 is 33.7 Å². The fourth-order valence-corrected chi connectivity index (χ4v) is 2.47. The van der Waals surface area contributed by atoms with Gasteiger partial charge in [-0.25, -0.2) is 0 Å². The Morgan fingerprint density at radius 1 is 1.36 bits per heavy atom. The number of hydrogen-bond donors (Lipinski definition) is 1. The number of furan rings is 1. The van der Waals surface area contributed by atoms with E-state index in [4.69, 9.17) is 9.15 Å². The highest BCUT2D eigenvalue weighted by Gasteiger charge is 2.26. The van der Waals surface area contributed by atoms with E-state index in [2.05, 4.69) is 21.2 Å². The van der Waals surface area contributed by atoms with Crippen LogP contribution in [0, 0.1) is 0 Å². The van der Waals surface area contributed by atoms with Crippen LogP contribution < -0.4 is 5.32 Å². The third-order valence-corrected chi connectivity index (χ3v) is 3.69. The lowest BCUT2D eigenvalue weighted by atomic mass is 10.3. The fraction of sp³-hybridized carbons (Fsp3) is 0.500. The van der Waals surface area contributed by atoms with E-state index in [1.54, 1.807) is 11.0 Å². The van der Waals surface area contributed by atoms with Crippen LogP contribution in [0.25, 0.3) is 0 Å². The van der Waals surface area contributed by atoms with E-state index in [9.17, 15) is 14.4 Å². The van der Waals surface area contributed by atoms with Gasteiger partial charge in [-0.2, -0.15) is 0 Å². The summed E-state index contributed by atoms with van der Waals surface area (Å²) in [5.74, 6) is -1.31. The lowest BCUT2D eigenvalue weighted by Crippen LogP contribution is -2.40. The first-order valence-corrected chi connectivity index (χ1v) is 7.78. The second kappa shape index (κ2) is 7.44. The molecule has 2 heterocycles. The monoisotopic (exact) mass is 372 g/mol. The van der Waals surface area contributed by atoms with Crippen LogP contribution >= 0.6 is 15.9 Å². The molecule has 0 bridgehead atoms. The summed E-state index contributed by atoms with van der Waals surface area (Å²) >= 11 is 3.08. The van der Waals surface area contributed by atoms with Gasteiger partial charge in [-0.05, 0) is 47.8 Å². The Morgan fingerprint density at radius 2 is 2.05 bits per heavy atom. The zero-order chi connectivity index (χ0) is 16.1. The summed E-state index contributed by atoms with van der Waals surface area (Å²) in [6, 6.07) is 3.05. The van der Waals surface area contributed by atoms with Gasteiger partial charge in [-0.1, -0.05) is 0 Å². The molecule has 0 spiro atoms. The molecule has 1 fully saturated rings. The van der Waals surface area contributed by atoms with Crippen molar-refractivity contribution < 1.29 is 23.5 Å². The first kappa shape index (κ1) is 16.5. The number of likely N-dealkylation sites (tertiary alicyclic amines) is 1. The average Bonchev–Trinajstić information content (AvgIpc) is 3.15. The number of carbonyl (C=O) groups excluding carboxylic acids is 3. The summed E-state index contributed by atoms with van der Waals surface area (Å²) in [7, 11) is 0. The minimum Gasteiger partial charge on any atom is -0.451 e. The highest BCUT2D eigenvalue weighted by Crippen LogP contribution is 2.13. The van der Waals surface area contributed by atoms with Crippen molar-refractivity contribution in [2.45, 2.75) is 25.9 Å². The zero-order valence-corrected chi connectivity index (χ0v) is 13.7. The van der Waals surface area contributed by atoms with Crippen LogP contribution in [0.5, 0.6) is 0 Å². The summed E-state index contributed by atoms with van der Waals surface area (Å²) in [6.45, 7) is 2.61. The van der Waals surface area contributed by atoms with Gasteiger partial charge < -0.3 is 19.4 Å². The summed E-state index contributed by atoms with van der Waals surface area (Å²) in [4.78, 5) is 37.0. The van der Waals surface area contributed by atoms with E-state index in [-0.39, 0.29) is 18.2 Å². The van der Waals surface area contributed by atoms with Crippen LogP contribution in [0.2, 0.25) is 0 Å². The van der Waals surface area contributed by atoms with Gasteiger partial charge in [0.1, 0.15) is 6.54 Å². The number of halogens is 1. The van der Waals surface area contributed by atoms with E-state index < -0.39 is 18.0 Å². The lowest BCUT2D eigenvalue weighted by molar-refractivity contribution is -0.157. The topological polar surface area (TPSA) is 88.8 Å². The molecular weight excluding hydrogens is 356 g/mol. The molecule has 1 aliphatic rings. The quantitative estimate of drug-likeness (QED) is 0.787. The molecule has 0 unspecified atom stereocenters. The van der Waals surface area contributed by atoms with Gasteiger partial charge in [0.15, 0.2) is 16.5 Å². The van der Waals surface area contributed by atoms with Crippen molar-refractivity contribution in [2.24, 2.45) is 0 Å². The zero-order valence-electron chi connectivity index (χ0n) is 12.1. The standard InChI is InChI=1S/C14H17BrN2O5/c1-9(14(20)17-6-2-3-7-17)21-12(18)8-16-13(19)10-4-5-11(15)22-10/h4-5,9H,2-3,6-8H2,1H3,(H,16,19)/t9-/m1/s1. The smallest absolute Gasteiger partial charge is 0.326 e. The van der Waals surface area contributed by atoms with Crippen LogP contribution in [0.1, 0.15) is 30.3 Å². The largest absolute Gasteiger partial charge is 0.451 e. The molecule has 2 rings (SSSR count). The van der Waals surface area contributed by atoms with E-state index in [0.29, 0.717) is 17.8 Å². The molecule has 0 radical (unpaired) electrons. The van der Waals surface area contributed by atoms with E-state index in [1.165, 1.54) is 13.0 Å². The molecule has 1 aliphatic heterocycles. The SMILES string of the molecule is C[C@@H](OC(=O)CNC(=O)c1ccc(Br)o1)C(=O)N1CCCC1. The maximum Gasteiger partial charge on any atom is 0.326 e. The number of esters is 1. The molecule has 1 N–H and O–H groups in total. The maximum atomic E-state index is 12.0. The number of nitrogens with one attached hydrogen (secondary N) is 1. The molecular formula is C14H17BrN2O5. The second-order valence-electron chi connectivity index (χ2n) is 4.95. The highest BCUT2D eigenvalue weighted by atomic mass is 79.9. The van der Waals surface area contributed by atoms with Gasteiger partial charge in [-0.15, -0.1) is 0 Å². The van der Waals surface area contributed by atoms with Crippen molar-refractivity contribution in [1.29, 1.82) is 0 Å². The van der Waals surface area contributed by atoms with Gasteiger partial charge >= 0.3 is 5.97 Å². The highest BCUT2D eigenvalue weighted by molar-refractivity contribution is 9.10. The lowest BCUT2D eigenvalue weighted by Gasteiger charge is -2.20. The molecule has 0 aromatic carbocycles. The second-order valence-corrected chi connectivity index (χ2v) is 5.73. The Morgan fingerprint density at radius 3 is 2.64 bits per heavy atom. The molecule has 120 valence electrons. The van der Waals surface area contributed by atoms with E-state index >= 15 is 0 Å². The van der Waals surface area contributed by atoms with Gasteiger partial charge in [-0.3, -0.25) is 14.4 Å². The summed E-state index contributed by atoms with van der Waals surface area (Å²) in [6.07, 6.45) is 1.10. The first-order chi connectivity index (χ1) is 10.5. The van der Waals surface area contributed by atoms with Crippen LogP contribution in [-0.4, -0.2) is 48.4 Å². The Balaban J connectivity index is 1.75. The van der Waals surface area contributed by atoms with Crippen LogP contribution in [0.3, 0.4) is 0 Å². The average molecular weight is 373 g/mol. The third-order valence-electron chi connectivity index (χ3n) is 3.26. The van der Waals surface area contributed by atoms with Crippen molar-refractivity contribution in [2.75, 3.05) is 19.6 Å². The van der Waals surface area contributed by atoms with Gasteiger partial charge in [0.05, 0.1) is 0 Å². The molecule has 1 aromatic heterocycles. The third kappa shape index (κ3) is 4.33. The Labute approximate surface area is 136 Å². The van der Waals surface area contributed by atoms with Crippen molar-refractivity contribution in [3.8, 4) is 0 Å². The van der Waals surface area contributed by atoms with Crippen molar-refractivity contribution in [3.05, 3.63) is 22.6 Å². The molecule has 0 aliphatic carbocycles. The first-order valence-electron chi connectivity index (χ1n) is 6.99. The van der Waals surface area contributed by atoms with Crippen LogP contribution in [-0.2, 0) is 14.3 Å². The number of hydrogen-bond acceptors (Lipinski definition) is 5. The number of rotatable bonds is 5. The van der Waals surface area contributed by atoms with Crippen LogP contribution in [0.15, 0.2) is 21.2 Å². The molecule has 7 nitrogen and oxygen atoms in total. The van der Waals surface area contributed by atoms with Crippen LogP contribution in [0.4, 0.5) is 0 Å². The molecule has 2 amide bonds. The Bertz CT molecular complexity index is 565. The predicted molar refractivity (Wildman–Crippen MR) is 80.1 cm³/mol. The van der Waals surface area contributed by atoms with E-state index in [0.717, 1.165) is 12.8 Å². The summed E-state index contributed by atoms with van der Waals surface area (Å²) in [5, 5.41) is 2.37. The Kier molecular flexibility index (Phi) is 5.59. The maximum absolute atomic E-state index is 12.0. The number of carbonyl (C=O) groups is 3.